The van der Waals surface area contributed by atoms with Gasteiger partial charge >= 0.3 is 0 Å². The Balaban J connectivity index is 1.90. The van der Waals surface area contributed by atoms with E-state index in [9.17, 15) is 0 Å². The van der Waals surface area contributed by atoms with E-state index in [-0.39, 0.29) is 0 Å². The summed E-state index contributed by atoms with van der Waals surface area (Å²) in [5.74, 6) is 2.42. The number of nitrogens with two attached hydrogens (primary N) is 1. The zero-order valence-corrected chi connectivity index (χ0v) is 14.5. The number of thioether (sulfide) groups is 1. The third-order valence-corrected chi connectivity index (χ3v) is 5.82. The molecule has 2 aromatic heterocycles. The summed E-state index contributed by atoms with van der Waals surface area (Å²) in [6, 6.07) is 0. The van der Waals surface area contributed by atoms with E-state index in [1.807, 2.05) is 0 Å². The number of fused-ring (bicyclic) bond motifs is 3. The van der Waals surface area contributed by atoms with E-state index in [0.717, 1.165) is 40.6 Å². The van der Waals surface area contributed by atoms with Gasteiger partial charge in [-0.2, -0.15) is 0 Å². The summed E-state index contributed by atoms with van der Waals surface area (Å²) >= 11 is 3.50. The van der Waals surface area contributed by atoms with E-state index >= 15 is 0 Å². The Labute approximate surface area is 134 Å². The maximum atomic E-state index is 6.22. The van der Waals surface area contributed by atoms with E-state index in [1.165, 1.54) is 16.9 Å². The normalized spacial score (nSPS) is 15.8. The molecular formula is C15H22N4S2. The Morgan fingerprint density at radius 1 is 1.38 bits per heavy atom. The topological polar surface area (TPSA) is 55.0 Å². The molecule has 0 fully saturated rings. The minimum absolute atomic E-state index is 0.661. The van der Waals surface area contributed by atoms with Gasteiger partial charge in [0, 0.05) is 23.7 Å². The lowest BCUT2D eigenvalue weighted by Crippen LogP contribution is -2.25. The molecule has 0 saturated carbocycles. The summed E-state index contributed by atoms with van der Waals surface area (Å²) < 4.78 is 0. The van der Waals surface area contributed by atoms with Crippen LogP contribution in [0.5, 0.6) is 0 Å². The molecule has 2 aromatic rings. The number of rotatable bonds is 4. The van der Waals surface area contributed by atoms with E-state index in [1.54, 1.807) is 23.1 Å². The van der Waals surface area contributed by atoms with Crippen LogP contribution in [0.1, 0.15) is 30.7 Å². The Morgan fingerprint density at radius 3 is 2.95 bits per heavy atom. The molecule has 1 aliphatic rings. The van der Waals surface area contributed by atoms with Gasteiger partial charge in [0.15, 0.2) is 5.16 Å². The van der Waals surface area contributed by atoms with Crippen LogP contribution in [-0.4, -0.2) is 34.2 Å². The molecule has 3 heterocycles. The first-order valence-electron chi connectivity index (χ1n) is 7.43. The van der Waals surface area contributed by atoms with Gasteiger partial charge in [-0.25, -0.2) is 9.97 Å². The molecule has 0 aliphatic carbocycles. The lowest BCUT2D eigenvalue weighted by Gasteiger charge is -2.22. The predicted molar refractivity (Wildman–Crippen MR) is 92.0 cm³/mol. The summed E-state index contributed by atoms with van der Waals surface area (Å²) in [5.41, 5.74) is 7.60. The van der Waals surface area contributed by atoms with Gasteiger partial charge in [-0.15, -0.1) is 11.3 Å². The second-order valence-corrected chi connectivity index (χ2v) is 8.24. The first-order valence-corrected chi connectivity index (χ1v) is 9.24. The molecule has 0 amide bonds. The average molecular weight is 323 g/mol. The number of hydrogen-bond donors (Lipinski definition) is 1. The largest absolute Gasteiger partial charge is 0.383 e. The van der Waals surface area contributed by atoms with Crippen LogP contribution in [0.15, 0.2) is 5.16 Å². The smallest absolute Gasteiger partial charge is 0.190 e. The van der Waals surface area contributed by atoms with Crippen LogP contribution >= 0.6 is 23.1 Å². The van der Waals surface area contributed by atoms with Gasteiger partial charge in [0.05, 0.1) is 5.39 Å². The predicted octanol–water partition coefficient (Wildman–Crippen LogP) is 3.40. The van der Waals surface area contributed by atoms with Crippen molar-refractivity contribution in [2.24, 2.45) is 5.92 Å². The van der Waals surface area contributed by atoms with Crippen LogP contribution in [0.2, 0.25) is 0 Å². The number of anilines is 1. The molecule has 0 spiro atoms. The van der Waals surface area contributed by atoms with Crippen molar-refractivity contribution in [3.63, 3.8) is 0 Å². The number of nitrogen functional groups attached to an aromatic ring is 1. The molecule has 0 bridgehead atoms. The molecule has 0 atom stereocenters. The molecule has 0 radical (unpaired) electrons. The molecule has 21 heavy (non-hydrogen) atoms. The number of aromatic nitrogens is 2. The Hall–Kier alpha value is -0.850. The van der Waals surface area contributed by atoms with Crippen LogP contribution in [0.3, 0.4) is 0 Å². The zero-order chi connectivity index (χ0) is 15.0. The van der Waals surface area contributed by atoms with Crippen molar-refractivity contribution in [3.8, 4) is 0 Å². The van der Waals surface area contributed by atoms with Gasteiger partial charge in [0.2, 0.25) is 0 Å². The quantitative estimate of drug-likeness (QED) is 0.690. The molecule has 3 rings (SSSR count). The third-order valence-electron chi connectivity index (χ3n) is 3.82. The van der Waals surface area contributed by atoms with Gasteiger partial charge in [-0.05, 0) is 31.4 Å². The van der Waals surface area contributed by atoms with Gasteiger partial charge in [0.1, 0.15) is 10.6 Å². The van der Waals surface area contributed by atoms with E-state index in [0.29, 0.717) is 11.7 Å². The van der Waals surface area contributed by atoms with Gasteiger partial charge in [-0.3, -0.25) is 0 Å². The fourth-order valence-electron chi connectivity index (χ4n) is 2.58. The Kier molecular flexibility index (Phi) is 4.38. The van der Waals surface area contributed by atoms with Crippen LogP contribution in [0.25, 0.3) is 10.2 Å². The standard InChI is InChI=1S/C15H22N4S2/c1-9(2)5-7-20-15-17-13(16)12-10-4-6-19(3)8-11(10)21-14(12)18-15/h9H,4-8H2,1-3H3,(H2,16,17,18). The SMILES string of the molecule is CC(C)CCSc1nc(N)c2c3c(sc2n1)CN(C)CC3. The summed E-state index contributed by atoms with van der Waals surface area (Å²) in [7, 11) is 2.16. The molecule has 1 aliphatic heterocycles. The third kappa shape index (κ3) is 3.17. The van der Waals surface area contributed by atoms with Crippen molar-refractivity contribution >= 4 is 39.1 Å². The first-order chi connectivity index (χ1) is 10.0. The fourth-order valence-corrected chi connectivity index (χ4v) is 5.04. The molecule has 2 N–H and O–H groups in total. The molecule has 0 saturated heterocycles. The summed E-state index contributed by atoms with van der Waals surface area (Å²) in [5, 5.41) is 1.93. The Morgan fingerprint density at radius 2 is 2.19 bits per heavy atom. The maximum absolute atomic E-state index is 6.22. The van der Waals surface area contributed by atoms with Crippen molar-refractivity contribution in [3.05, 3.63) is 10.4 Å². The zero-order valence-electron chi connectivity index (χ0n) is 12.8. The second-order valence-electron chi connectivity index (χ2n) is 6.09. The molecule has 0 aromatic carbocycles. The van der Waals surface area contributed by atoms with Crippen LogP contribution in [0, 0.1) is 5.92 Å². The lowest BCUT2D eigenvalue weighted by atomic mass is 10.1. The highest BCUT2D eigenvalue weighted by molar-refractivity contribution is 7.99. The molecule has 4 nitrogen and oxygen atoms in total. The van der Waals surface area contributed by atoms with Crippen LogP contribution in [0.4, 0.5) is 5.82 Å². The van der Waals surface area contributed by atoms with Gasteiger partial charge < -0.3 is 10.6 Å². The Bertz CT molecular complexity index is 651. The summed E-state index contributed by atoms with van der Waals surface area (Å²) in [6.07, 6.45) is 2.23. The van der Waals surface area contributed by atoms with E-state index in [2.05, 4.69) is 30.8 Å². The lowest BCUT2D eigenvalue weighted by molar-refractivity contribution is 0.318. The number of likely N-dealkylation sites (N-methyl/N-ethyl adjacent to an activating group) is 1. The summed E-state index contributed by atoms with van der Waals surface area (Å²) in [6.45, 7) is 6.57. The highest BCUT2D eigenvalue weighted by Crippen LogP contribution is 2.37. The number of nitrogens with zero attached hydrogens (tertiary/aromatic N) is 3. The molecule has 0 unspecified atom stereocenters. The maximum Gasteiger partial charge on any atom is 0.190 e. The number of thiophene rings is 1. The first kappa shape index (κ1) is 15.1. The van der Waals surface area contributed by atoms with Gasteiger partial charge in [0.25, 0.3) is 0 Å². The highest BCUT2D eigenvalue weighted by atomic mass is 32.2. The minimum atomic E-state index is 0.661. The van der Waals surface area contributed by atoms with E-state index in [4.69, 9.17) is 10.7 Å². The highest BCUT2D eigenvalue weighted by Gasteiger charge is 2.22. The average Bonchev–Trinajstić information content (AvgIpc) is 2.75. The van der Waals surface area contributed by atoms with E-state index < -0.39 is 0 Å². The minimum Gasteiger partial charge on any atom is -0.383 e. The van der Waals surface area contributed by atoms with Crippen LogP contribution < -0.4 is 5.73 Å². The molecular weight excluding hydrogens is 300 g/mol. The molecule has 6 heteroatoms. The van der Waals surface area contributed by atoms with Crippen LogP contribution in [-0.2, 0) is 13.0 Å². The summed E-state index contributed by atoms with van der Waals surface area (Å²) in [4.78, 5) is 14.1. The number of hydrogen-bond acceptors (Lipinski definition) is 6. The second kappa shape index (κ2) is 6.10. The van der Waals surface area contributed by atoms with Gasteiger partial charge in [-0.1, -0.05) is 25.6 Å². The fraction of sp³-hybridized carbons (Fsp3) is 0.600. The van der Waals surface area contributed by atoms with Crippen molar-refractivity contribution in [2.75, 3.05) is 25.1 Å². The monoisotopic (exact) mass is 322 g/mol. The molecule has 114 valence electrons. The van der Waals surface area contributed by atoms with Crippen molar-refractivity contribution in [2.45, 2.75) is 38.4 Å². The van der Waals surface area contributed by atoms with Crippen molar-refractivity contribution in [1.29, 1.82) is 0 Å². The van der Waals surface area contributed by atoms with Crippen molar-refractivity contribution < 1.29 is 0 Å². The van der Waals surface area contributed by atoms with Crippen molar-refractivity contribution in [1.82, 2.24) is 14.9 Å².